The number of tetrazole rings is 1. The van der Waals surface area contributed by atoms with Crippen molar-refractivity contribution in [3.63, 3.8) is 0 Å². The van der Waals surface area contributed by atoms with Gasteiger partial charge < -0.3 is 4.90 Å². The molecular weight excluding hydrogens is 322 g/mol. The molecule has 0 saturated heterocycles. The summed E-state index contributed by atoms with van der Waals surface area (Å²) in [5.41, 5.74) is 2.32. The van der Waals surface area contributed by atoms with Crippen molar-refractivity contribution in [2.75, 3.05) is 17.2 Å². The molecule has 0 radical (unpaired) electrons. The van der Waals surface area contributed by atoms with E-state index in [4.69, 9.17) is 0 Å². The van der Waals surface area contributed by atoms with E-state index in [9.17, 15) is 4.79 Å². The van der Waals surface area contributed by atoms with E-state index in [1.54, 1.807) is 0 Å². The number of carbonyl (C=O) groups excluding carboxylic acids is 1. The highest BCUT2D eigenvalue weighted by Crippen LogP contribution is 2.32. The van der Waals surface area contributed by atoms with E-state index in [0.29, 0.717) is 11.8 Å². The summed E-state index contributed by atoms with van der Waals surface area (Å²) in [6.07, 6.45) is 6.80. The number of fused-ring (bicyclic) bond motifs is 1. The van der Waals surface area contributed by atoms with Crippen LogP contribution in [0.15, 0.2) is 29.4 Å². The highest BCUT2D eigenvalue weighted by Gasteiger charge is 2.25. The Bertz CT molecular complexity index is 725. The first-order chi connectivity index (χ1) is 11.8. The number of para-hydroxylation sites is 1. The van der Waals surface area contributed by atoms with Gasteiger partial charge in [-0.15, -0.1) is 5.10 Å². The number of rotatable bonds is 4. The minimum Gasteiger partial charge on any atom is -0.311 e. The Labute approximate surface area is 145 Å². The Morgan fingerprint density at radius 2 is 2.04 bits per heavy atom. The molecule has 0 atom stereocenters. The summed E-state index contributed by atoms with van der Waals surface area (Å²) in [5, 5.41) is 12.8. The Hall–Kier alpha value is -1.89. The monoisotopic (exact) mass is 343 g/mol. The molecule has 1 aliphatic heterocycles. The summed E-state index contributed by atoms with van der Waals surface area (Å²) in [6, 6.07) is 8.59. The van der Waals surface area contributed by atoms with Crippen LogP contribution < -0.4 is 4.90 Å². The predicted molar refractivity (Wildman–Crippen MR) is 93.2 cm³/mol. The van der Waals surface area contributed by atoms with E-state index in [-0.39, 0.29) is 5.91 Å². The van der Waals surface area contributed by atoms with E-state index in [1.807, 2.05) is 27.8 Å². The number of benzene rings is 1. The predicted octanol–water partition coefficient (Wildman–Crippen LogP) is 2.86. The van der Waals surface area contributed by atoms with Crippen LogP contribution in [0, 0.1) is 0 Å². The number of carbonyl (C=O) groups is 1. The minimum absolute atomic E-state index is 0.133. The second-order valence-electron chi connectivity index (χ2n) is 6.41. The lowest BCUT2D eigenvalue weighted by atomic mass is 10.0. The van der Waals surface area contributed by atoms with Crippen LogP contribution in [0.5, 0.6) is 0 Å². The highest BCUT2D eigenvalue weighted by molar-refractivity contribution is 7.99. The van der Waals surface area contributed by atoms with Crippen LogP contribution in [0.25, 0.3) is 0 Å². The Morgan fingerprint density at radius 1 is 1.21 bits per heavy atom. The fourth-order valence-electron chi connectivity index (χ4n) is 3.66. The first-order valence-corrected chi connectivity index (χ1v) is 9.60. The molecule has 1 aliphatic carbocycles. The Balaban J connectivity index is 1.44. The molecule has 1 amide bonds. The van der Waals surface area contributed by atoms with Crippen LogP contribution in [0.4, 0.5) is 5.69 Å². The molecule has 0 N–H and O–H groups in total. The Morgan fingerprint density at radius 3 is 2.92 bits per heavy atom. The minimum atomic E-state index is 0.133. The van der Waals surface area contributed by atoms with Gasteiger partial charge in [0.15, 0.2) is 0 Å². The molecule has 1 fully saturated rings. The lowest BCUT2D eigenvalue weighted by Crippen LogP contribution is -2.36. The van der Waals surface area contributed by atoms with Gasteiger partial charge in [0.05, 0.1) is 11.8 Å². The first kappa shape index (κ1) is 15.6. The lowest BCUT2D eigenvalue weighted by molar-refractivity contribution is -0.116. The molecule has 4 rings (SSSR count). The van der Waals surface area contributed by atoms with Gasteiger partial charge in [-0.2, -0.15) is 0 Å². The SMILES string of the molecule is O=C(CSc1nnnn1C1CCCC1)N1CCCc2ccccc21. The summed E-state index contributed by atoms with van der Waals surface area (Å²) >= 11 is 1.45. The molecular formula is C17H21N5OS. The first-order valence-electron chi connectivity index (χ1n) is 8.62. The van der Waals surface area contributed by atoms with Gasteiger partial charge in [0, 0.05) is 12.2 Å². The van der Waals surface area contributed by atoms with E-state index >= 15 is 0 Å². The molecule has 126 valence electrons. The van der Waals surface area contributed by atoms with E-state index in [1.165, 1.54) is 30.2 Å². The van der Waals surface area contributed by atoms with Crippen LogP contribution in [0.1, 0.15) is 43.7 Å². The molecule has 2 aliphatic rings. The molecule has 0 unspecified atom stereocenters. The van der Waals surface area contributed by atoms with Gasteiger partial charge >= 0.3 is 0 Å². The fourth-order valence-corrected chi connectivity index (χ4v) is 4.48. The third-order valence-corrected chi connectivity index (χ3v) is 5.79. The number of hydrogen-bond acceptors (Lipinski definition) is 5. The summed E-state index contributed by atoms with van der Waals surface area (Å²) in [4.78, 5) is 14.6. The van der Waals surface area contributed by atoms with Gasteiger partial charge in [-0.3, -0.25) is 4.79 Å². The summed E-state index contributed by atoms with van der Waals surface area (Å²) in [6.45, 7) is 0.796. The number of nitrogens with zero attached hydrogens (tertiary/aromatic N) is 5. The molecule has 0 bridgehead atoms. The quantitative estimate of drug-likeness (QED) is 0.799. The molecule has 7 heteroatoms. The van der Waals surface area contributed by atoms with E-state index in [0.717, 1.165) is 43.1 Å². The smallest absolute Gasteiger partial charge is 0.237 e. The largest absolute Gasteiger partial charge is 0.311 e. The highest BCUT2D eigenvalue weighted by atomic mass is 32.2. The number of hydrogen-bond donors (Lipinski definition) is 0. The average molecular weight is 343 g/mol. The summed E-state index contributed by atoms with van der Waals surface area (Å²) in [5.74, 6) is 0.509. The van der Waals surface area contributed by atoms with Crippen molar-refractivity contribution in [2.24, 2.45) is 0 Å². The number of aryl methyl sites for hydroxylation is 1. The van der Waals surface area contributed by atoms with Gasteiger partial charge in [-0.1, -0.05) is 42.8 Å². The molecule has 2 heterocycles. The molecule has 24 heavy (non-hydrogen) atoms. The molecule has 0 spiro atoms. The van der Waals surface area contributed by atoms with Crippen molar-refractivity contribution in [1.82, 2.24) is 20.2 Å². The second kappa shape index (κ2) is 6.93. The maximum absolute atomic E-state index is 12.7. The molecule has 6 nitrogen and oxygen atoms in total. The fraction of sp³-hybridized carbons (Fsp3) is 0.529. The maximum atomic E-state index is 12.7. The van der Waals surface area contributed by atoms with Gasteiger partial charge in [0.2, 0.25) is 11.1 Å². The zero-order chi connectivity index (χ0) is 16.4. The van der Waals surface area contributed by atoms with Crippen molar-refractivity contribution in [3.8, 4) is 0 Å². The molecule has 1 aromatic carbocycles. The normalized spacial score (nSPS) is 17.9. The number of amides is 1. The van der Waals surface area contributed by atoms with Crippen molar-refractivity contribution >= 4 is 23.4 Å². The van der Waals surface area contributed by atoms with Gasteiger partial charge in [-0.25, -0.2) is 4.68 Å². The summed E-state index contributed by atoms with van der Waals surface area (Å²) in [7, 11) is 0. The topological polar surface area (TPSA) is 63.9 Å². The molecule has 1 aromatic heterocycles. The van der Waals surface area contributed by atoms with Crippen LogP contribution >= 0.6 is 11.8 Å². The lowest BCUT2D eigenvalue weighted by Gasteiger charge is -2.29. The number of anilines is 1. The van der Waals surface area contributed by atoms with Crippen LogP contribution in [0.3, 0.4) is 0 Å². The van der Waals surface area contributed by atoms with Gasteiger partial charge in [-0.05, 0) is 47.7 Å². The van der Waals surface area contributed by atoms with Crippen molar-refractivity contribution in [3.05, 3.63) is 29.8 Å². The maximum Gasteiger partial charge on any atom is 0.237 e. The van der Waals surface area contributed by atoms with Crippen LogP contribution in [-0.2, 0) is 11.2 Å². The standard InChI is InChI=1S/C17H21N5OS/c23-16(21-11-5-7-13-6-1-4-10-15(13)21)12-24-17-18-19-20-22(17)14-8-2-3-9-14/h1,4,6,10,14H,2-3,5,7-9,11-12H2. The average Bonchev–Trinajstić information content (AvgIpc) is 3.30. The molecule has 1 saturated carbocycles. The third kappa shape index (κ3) is 3.05. The zero-order valence-electron chi connectivity index (χ0n) is 13.6. The second-order valence-corrected chi connectivity index (χ2v) is 7.35. The van der Waals surface area contributed by atoms with Gasteiger partial charge in [0.25, 0.3) is 0 Å². The summed E-state index contributed by atoms with van der Waals surface area (Å²) < 4.78 is 1.91. The van der Waals surface area contributed by atoms with Crippen LogP contribution in [-0.4, -0.2) is 38.4 Å². The zero-order valence-corrected chi connectivity index (χ0v) is 14.4. The Kier molecular flexibility index (Phi) is 4.51. The van der Waals surface area contributed by atoms with Gasteiger partial charge in [0.1, 0.15) is 0 Å². The van der Waals surface area contributed by atoms with Crippen molar-refractivity contribution < 1.29 is 4.79 Å². The third-order valence-electron chi connectivity index (χ3n) is 4.87. The number of aromatic nitrogens is 4. The van der Waals surface area contributed by atoms with Crippen LogP contribution in [0.2, 0.25) is 0 Å². The van der Waals surface area contributed by atoms with E-state index < -0.39 is 0 Å². The van der Waals surface area contributed by atoms with Crippen molar-refractivity contribution in [2.45, 2.75) is 49.7 Å². The van der Waals surface area contributed by atoms with E-state index in [2.05, 4.69) is 21.6 Å². The molecule has 2 aromatic rings. The number of thioether (sulfide) groups is 1. The van der Waals surface area contributed by atoms with Crippen molar-refractivity contribution in [1.29, 1.82) is 0 Å².